The van der Waals surface area contributed by atoms with E-state index in [9.17, 15) is 18.0 Å². The van der Waals surface area contributed by atoms with E-state index in [-0.39, 0.29) is 41.3 Å². The van der Waals surface area contributed by atoms with Crippen LogP contribution in [0.2, 0.25) is 0 Å². The Balaban J connectivity index is 1.89. The molecule has 0 N–H and O–H groups in total. The average molecular weight is 377 g/mol. The number of aromatic nitrogens is 2. The highest BCUT2D eigenvalue weighted by Crippen LogP contribution is 2.20. The average Bonchev–Trinajstić information content (AvgIpc) is 2.95. The minimum atomic E-state index is -3.08. The van der Waals surface area contributed by atoms with Gasteiger partial charge in [0.25, 0.3) is 0 Å². The molecule has 1 fully saturated rings. The Kier molecular flexibility index (Phi) is 5.13. The predicted octanol–water partition coefficient (Wildman–Crippen LogP) is 1.07. The molecule has 2 aromatic rings. The molecule has 3 rings (SSSR count). The van der Waals surface area contributed by atoms with Gasteiger partial charge in [0.1, 0.15) is 6.54 Å². The van der Waals surface area contributed by atoms with Gasteiger partial charge in [0.2, 0.25) is 11.3 Å². The molecular formula is C18H23N3O4S. The standard InChI is InChI=1S/C18H23N3O4S/c1-13(2)10-20(14-7-8-26(24,25)12-14)18(23)11-21-16-6-4-3-5-15(16)17(22)9-19-21/h3-6,9,13-14H,7-8,10-12H2,1-2H3/t14-/m1/s1. The van der Waals surface area contributed by atoms with E-state index in [4.69, 9.17) is 0 Å². The first-order valence-corrected chi connectivity index (χ1v) is 10.5. The van der Waals surface area contributed by atoms with Crippen LogP contribution in [0.5, 0.6) is 0 Å². The molecule has 0 bridgehead atoms. The first-order valence-electron chi connectivity index (χ1n) is 8.71. The molecule has 1 amide bonds. The fraction of sp³-hybridized carbons (Fsp3) is 0.500. The molecule has 1 aliphatic rings. The van der Waals surface area contributed by atoms with Gasteiger partial charge >= 0.3 is 0 Å². The summed E-state index contributed by atoms with van der Waals surface area (Å²) in [5, 5.41) is 4.61. The molecule has 1 saturated heterocycles. The van der Waals surface area contributed by atoms with Crippen LogP contribution in [0, 0.1) is 5.92 Å². The molecule has 140 valence electrons. The van der Waals surface area contributed by atoms with E-state index in [0.29, 0.717) is 23.9 Å². The van der Waals surface area contributed by atoms with Crippen LogP contribution in [0.4, 0.5) is 0 Å². The van der Waals surface area contributed by atoms with E-state index in [2.05, 4.69) is 5.10 Å². The lowest BCUT2D eigenvalue weighted by molar-refractivity contribution is -0.134. The molecule has 8 heteroatoms. The molecule has 7 nitrogen and oxygen atoms in total. The number of fused-ring (bicyclic) bond motifs is 1. The van der Waals surface area contributed by atoms with Crippen LogP contribution in [-0.4, -0.2) is 53.1 Å². The van der Waals surface area contributed by atoms with Gasteiger partial charge in [0.15, 0.2) is 9.84 Å². The topological polar surface area (TPSA) is 89.3 Å². The summed E-state index contributed by atoms with van der Waals surface area (Å²) in [6.07, 6.45) is 1.68. The van der Waals surface area contributed by atoms with Crippen LogP contribution >= 0.6 is 0 Å². The number of para-hydroxylation sites is 1. The largest absolute Gasteiger partial charge is 0.337 e. The lowest BCUT2D eigenvalue weighted by Gasteiger charge is -2.30. The molecule has 0 radical (unpaired) electrons. The molecule has 1 aromatic heterocycles. The van der Waals surface area contributed by atoms with Gasteiger partial charge in [-0.25, -0.2) is 8.42 Å². The predicted molar refractivity (Wildman–Crippen MR) is 99.6 cm³/mol. The first kappa shape index (κ1) is 18.6. The highest BCUT2D eigenvalue weighted by atomic mass is 32.2. The van der Waals surface area contributed by atoms with Crippen molar-refractivity contribution in [3.63, 3.8) is 0 Å². The van der Waals surface area contributed by atoms with Gasteiger partial charge in [-0.2, -0.15) is 5.10 Å². The number of hydrogen-bond acceptors (Lipinski definition) is 5. The Hall–Kier alpha value is -2.22. The second-order valence-electron chi connectivity index (χ2n) is 7.18. The van der Waals surface area contributed by atoms with Crippen molar-refractivity contribution in [2.45, 2.75) is 32.9 Å². The fourth-order valence-corrected chi connectivity index (χ4v) is 5.11. The SMILES string of the molecule is CC(C)CN(C(=O)Cn1ncc(=O)c2ccccc21)[C@@H]1CCS(=O)(=O)C1. The van der Waals surface area contributed by atoms with Crippen LogP contribution in [0.3, 0.4) is 0 Å². The van der Waals surface area contributed by atoms with Crippen molar-refractivity contribution in [1.82, 2.24) is 14.7 Å². The third-order valence-corrected chi connectivity index (χ3v) is 6.33. The number of carbonyl (C=O) groups excluding carboxylic acids is 1. The number of hydrogen-bond donors (Lipinski definition) is 0. The zero-order chi connectivity index (χ0) is 18.9. The molecular weight excluding hydrogens is 354 g/mol. The maximum atomic E-state index is 13.0. The Bertz CT molecular complexity index is 981. The Morgan fingerprint density at radius 1 is 1.35 bits per heavy atom. The van der Waals surface area contributed by atoms with Crippen molar-refractivity contribution in [2.24, 2.45) is 5.92 Å². The van der Waals surface area contributed by atoms with Gasteiger partial charge in [-0.05, 0) is 24.5 Å². The molecule has 0 saturated carbocycles. The Morgan fingerprint density at radius 2 is 2.08 bits per heavy atom. The lowest BCUT2D eigenvalue weighted by atomic mass is 10.1. The smallest absolute Gasteiger partial charge is 0.244 e. The van der Waals surface area contributed by atoms with Crippen LogP contribution in [0.25, 0.3) is 10.9 Å². The van der Waals surface area contributed by atoms with E-state index in [0.717, 1.165) is 0 Å². The maximum absolute atomic E-state index is 13.0. The molecule has 1 atom stereocenters. The van der Waals surface area contributed by atoms with E-state index >= 15 is 0 Å². The quantitative estimate of drug-likeness (QED) is 0.777. The number of rotatable bonds is 5. The van der Waals surface area contributed by atoms with Gasteiger partial charge in [-0.1, -0.05) is 26.0 Å². The summed E-state index contributed by atoms with van der Waals surface area (Å²) in [7, 11) is -3.08. The fourth-order valence-electron chi connectivity index (χ4n) is 3.38. The number of amides is 1. The van der Waals surface area contributed by atoms with Gasteiger partial charge in [-0.3, -0.25) is 14.3 Å². The summed E-state index contributed by atoms with van der Waals surface area (Å²) < 4.78 is 25.2. The summed E-state index contributed by atoms with van der Waals surface area (Å²) in [5.74, 6) is 0.186. The molecule has 1 aromatic carbocycles. The highest BCUT2D eigenvalue weighted by molar-refractivity contribution is 7.91. The van der Waals surface area contributed by atoms with Gasteiger partial charge in [0.05, 0.1) is 23.2 Å². The van der Waals surface area contributed by atoms with Crippen LogP contribution in [0.15, 0.2) is 35.3 Å². The molecule has 0 unspecified atom stereocenters. The van der Waals surface area contributed by atoms with Crippen molar-refractivity contribution in [3.8, 4) is 0 Å². The van der Waals surface area contributed by atoms with Crippen molar-refractivity contribution >= 4 is 26.6 Å². The zero-order valence-electron chi connectivity index (χ0n) is 15.0. The van der Waals surface area contributed by atoms with Crippen molar-refractivity contribution in [2.75, 3.05) is 18.1 Å². The summed E-state index contributed by atoms with van der Waals surface area (Å²) in [4.78, 5) is 26.6. The Morgan fingerprint density at radius 3 is 2.73 bits per heavy atom. The molecule has 2 heterocycles. The number of sulfone groups is 1. The normalized spacial score (nSPS) is 19.1. The number of carbonyl (C=O) groups is 1. The highest BCUT2D eigenvalue weighted by Gasteiger charge is 2.35. The van der Waals surface area contributed by atoms with Crippen molar-refractivity contribution < 1.29 is 13.2 Å². The summed E-state index contributed by atoms with van der Waals surface area (Å²) in [6.45, 7) is 4.47. The molecule has 1 aliphatic heterocycles. The van der Waals surface area contributed by atoms with E-state index in [1.165, 1.54) is 10.9 Å². The third kappa shape index (κ3) is 3.95. The minimum Gasteiger partial charge on any atom is -0.337 e. The second kappa shape index (κ2) is 7.19. The first-order chi connectivity index (χ1) is 12.3. The van der Waals surface area contributed by atoms with Crippen LogP contribution < -0.4 is 5.43 Å². The summed E-state index contributed by atoms with van der Waals surface area (Å²) in [6, 6.07) is 6.73. The van der Waals surface area contributed by atoms with E-state index in [1.54, 1.807) is 29.2 Å². The van der Waals surface area contributed by atoms with E-state index < -0.39 is 9.84 Å². The van der Waals surface area contributed by atoms with Gasteiger partial charge in [-0.15, -0.1) is 0 Å². The number of nitrogens with zero attached hydrogens (tertiary/aromatic N) is 3. The minimum absolute atomic E-state index is 0.0177. The van der Waals surface area contributed by atoms with Crippen LogP contribution in [-0.2, 0) is 21.2 Å². The second-order valence-corrected chi connectivity index (χ2v) is 9.41. The Labute approximate surface area is 152 Å². The molecule has 0 spiro atoms. The maximum Gasteiger partial charge on any atom is 0.244 e. The van der Waals surface area contributed by atoms with Crippen LogP contribution in [0.1, 0.15) is 20.3 Å². The zero-order valence-corrected chi connectivity index (χ0v) is 15.8. The molecule has 0 aliphatic carbocycles. The molecule has 26 heavy (non-hydrogen) atoms. The third-order valence-electron chi connectivity index (χ3n) is 4.58. The van der Waals surface area contributed by atoms with Crippen molar-refractivity contribution in [3.05, 3.63) is 40.7 Å². The van der Waals surface area contributed by atoms with Gasteiger partial charge in [0, 0.05) is 18.0 Å². The van der Waals surface area contributed by atoms with Crippen molar-refractivity contribution in [1.29, 1.82) is 0 Å². The monoisotopic (exact) mass is 377 g/mol. The number of benzene rings is 1. The van der Waals surface area contributed by atoms with E-state index in [1.807, 2.05) is 13.8 Å². The summed E-state index contributed by atoms with van der Waals surface area (Å²) >= 11 is 0. The van der Waals surface area contributed by atoms with Gasteiger partial charge < -0.3 is 4.90 Å². The lowest BCUT2D eigenvalue weighted by Crippen LogP contribution is -2.45. The summed E-state index contributed by atoms with van der Waals surface area (Å²) in [5.41, 5.74) is 0.405.